The van der Waals surface area contributed by atoms with E-state index < -0.39 is 0 Å². The minimum Gasteiger partial charge on any atom is -0.338 e. The van der Waals surface area contributed by atoms with E-state index in [0.29, 0.717) is 13.1 Å². The van der Waals surface area contributed by atoms with Crippen LogP contribution in [0.15, 0.2) is 60.0 Å². The first-order chi connectivity index (χ1) is 10.8. The van der Waals surface area contributed by atoms with Gasteiger partial charge in [0.15, 0.2) is 0 Å². The van der Waals surface area contributed by atoms with Crippen LogP contribution in [0.25, 0.3) is 10.1 Å². The van der Waals surface area contributed by atoms with Crippen LogP contribution in [0.1, 0.15) is 11.1 Å². The number of benzene rings is 2. The molecule has 0 unspecified atom stereocenters. The first-order valence-corrected chi connectivity index (χ1v) is 8.21. The third kappa shape index (κ3) is 3.65. The number of carbonyl (C=O) groups excluding carboxylic acids is 1. The van der Waals surface area contributed by atoms with Crippen LogP contribution in [-0.4, -0.2) is 12.6 Å². The van der Waals surface area contributed by atoms with Gasteiger partial charge in [0.1, 0.15) is 0 Å². The van der Waals surface area contributed by atoms with Gasteiger partial charge in [-0.05, 0) is 34.4 Å². The Bertz CT molecular complexity index is 752. The lowest BCUT2D eigenvalue weighted by atomic mass is 10.1. The Morgan fingerprint density at radius 1 is 0.955 bits per heavy atom. The van der Waals surface area contributed by atoms with Gasteiger partial charge in [-0.25, -0.2) is 4.79 Å². The summed E-state index contributed by atoms with van der Waals surface area (Å²) in [5.41, 5.74) is 2.39. The summed E-state index contributed by atoms with van der Waals surface area (Å²) in [5, 5.41) is 9.24. The maximum Gasteiger partial charge on any atom is 0.315 e. The van der Waals surface area contributed by atoms with Crippen molar-refractivity contribution in [3.8, 4) is 0 Å². The van der Waals surface area contributed by atoms with Crippen LogP contribution in [0, 0.1) is 0 Å². The number of nitrogens with one attached hydrogen (secondary N) is 2. The maximum absolute atomic E-state index is 11.8. The number of thiophene rings is 1. The number of fused-ring (bicyclic) bond motifs is 1. The van der Waals surface area contributed by atoms with Gasteiger partial charge in [0.2, 0.25) is 0 Å². The van der Waals surface area contributed by atoms with Crippen molar-refractivity contribution >= 4 is 27.5 Å². The molecule has 0 atom stereocenters. The molecule has 0 aliphatic heterocycles. The van der Waals surface area contributed by atoms with Gasteiger partial charge in [-0.3, -0.25) is 0 Å². The molecule has 2 aromatic carbocycles. The van der Waals surface area contributed by atoms with Crippen LogP contribution < -0.4 is 10.6 Å². The van der Waals surface area contributed by atoms with Crippen molar-refractivity contribution in [2.45, 2.75) is 13.0 Å². The summed E-state index contributed by atoms with van der Waals surface area (Å²) in [6.45, 7) is 1.19. The van der Waals surface area contributed by atoms with Gasteiger partial charge in [-0.15, -0.1) is 11.3 Å². The van der Waals surface area contributed by atoms with Crippen LogP contribution >= 0.6 is 11.3 Å². The molecule has 112 valence electrons. The van der Waals surface area contributed by atoms with Gasteiger partial charge >= 0.3 is 6.03 Å². The van der Waals surface area contributed by atoms with Crippen molar-refractivity contribution in [1.29, 1.82) is 0 Å². The zero-order chi connectivity index (χ0) is 15.2. The Morgan fingerprint density at radius 3 is 2.59 bits per heavy atom. The lowest BCUT2D eigenvalue weighted by molar-refractivity contribution is 0.240. The first-order valence-electron chi connectivity index (χ1n) is 7.33. The topological polar surface area (TPSA) is 41.1 Å². The van der Waals surface area contributed by atoms with Crippen LogP contribution in [0.2, 0.25) is 0 Å². The molecule has 0 aliphatic carbocycles. The van der Waals surface area contributed by atoms with Crippen LogP contribution in [0.3, 0.4) is 0 Å². The predicted octanol–water partition coefficient (Wildman–Crippen LogP) is 3.94. The van der Waals surface area contributed by atoms with Gasteiger partial charge in [-0.2, -0.15) is 0 Å². The van der Waals surface area contributed by atoms with E-state index in [1.165, 1.54) is 15.6 Å². The Labute approximate surface area is 134 Å². The second-order valence-corrected chi connectivity index (χ2v) is 6.01. The van der Waals surface area contributed by atoms with Gasteiger partial charge in [0.25, 0.3) is 0 Å². The van der Waals surface area contributed by atoms with Crippen molar-refractivity contribution in [2.75, 3.05) is 6.54 Å². The Hall–Kier alpha value is -2.33. The van der Waals surface area contributed by atoms with Crippen molar-refractivity contribution in [2.24, 2.45) is 0 Å². The van der Waals surface area contributed by atoms with Crippen molar-refractivity contribution in [3.05, 3.63) is 71.1 Å². The molecule has 2 amide bonds. The minimum atomic E-state index is -0.122. The van der Waals surface area contributed by atoms with E-state index in [2.05, 4.69) is 40.3 Å². The molecular formula is C18H18N2OS. The highest BCUT2D eigenvalue weighted by Crippen LogP contribution is 2.25. The zero-order valence-electron chi connectivity index (χ0n) is 12.2. The summed E-state index contributed by atoms with van der Waals surface area (Å²) >= 11 is 1.75. The molecule has 0 spiro atoms. The molecule has 0 saturated heterocycles. The average Bonchev–Trinajstić information content (AvgIpc) is 2.97. The summed E-state index contributed by atoms with van der Waals surface area (Å²) in [7, 11) is 0. The number of urea groups is 1. The molecule has 0 fully saturated rings. The number of amides is 2. The lowest BCUT2D eigenvalue weighted by Gasteiger charge is -2.07. The zero-order valence-corrected chi connectivity index (χ0v) is 13.0. The van der Waals surface area contributed by atoms with Crippen molar-refractivity contribution in [3.63, 3.8) is 0 Å². The summed E-state index contributed by atoms with van der Waals surface area (Å²) in [6, 6.07) is 18.2. The fourth-order valence-corrected chi connectivity index (χ4v) is 3.38. The highest BCUT2D eigenvalue weighted by Gasteiger charge is 2.04. The van der Waals surface area contributed by atoms with Crippen LogP contribution in [0.4, 0.5) is 4.79 Å². The second kappa shape index (κ2) is 7.09. The Morgan fingerprint density at radius 2 is 1.73 bits per heavy atom. The molecule has 4 heteroatoms. The molecule has 3 nitrogen and oxygen atoms in total. The smallest absolute Gasteiger partial charge is 0.315 e. The fraction of sp³-hybridized carbons (Fsp3) is 0.167. The molecule has 3 rings (SSSR count). The van der Waals surface area contributed by atoms with E-state index in [4.69, 9.17) is 0 Å². The molecule has 0 radical (unpaired) electrons. The highest BCUT2D eigenvalue weighted by atomic mass is 32.1. The molecule has 1 heterocycles. The van der Waals surface area contributed by atoms with Crippen LogP contribution in [-0.2, 0) is 13.0 Å². The number of hydrogen-bond donors (Lipinski definition) is 2. The predicted molar refractivity (Wildman–Crippen MR) is 92.2 cm³/mol. The highest BCUT2D eigenvalue weighted by molar-refractivity contribution is 7.17. The normalized spacial score (nSPS) is 10.5. The van der Waals surface area contributed by atoms with E-state index >= 15 is 0 Å². The first kappa shape index (κ1) is 14.6. The molecule has 2 N–H and O–H groups in total. The van der Waals surface area contributed by atoms with Crippen LogP contribution in [0.5, 0.6) is 0 Å². The minimum absolute atomic E-state index is 0.122. The maximum atomic E-state index is 11.8. The third-order valence-electron chi connectivity index (χ3n) is 3.54. The summed E-state index contributed by atoms with van der Waals surface area (Å²) in [6.07, 6.45) is 0.850. The summed E-state index contributed by atoms with van der Waals surface area (Å²) in [4.78, 5) is 11.8. The molecule has 1 aromatic heterocycles. The van der Waals surface area contributed by atoms with E-state index in [-0.39, 0.29) is 6.03 Å². The van der Waals surface area contributed by atoms with E-state index in [0.717, 1.165) is 12.0 Å². The second-order valence-electron chi connectivity index (χ2n) is 5.10. The van der Waals surface area contributed by atoms with Crippen molar-refractivity contribution < 1.29 is 4.79 Å². The van der Waals surface area contributed by atoms with Crippen molar-refractivity contribution in [1.82, 2.24) is 10.6 Å². The molecule has 0 aliphatic rings. The van der Waals surface area contributed by atoms with Gasteiger partial charge < -0.3 is 10.6 Å². The third-order valence-corrected chi connectivity index (χ3v) is 4.55. The molecule has 22 heavy (non-hydrogen) atoms. The number of carbonyl (C=O) groups is 1. The van der Waals surface area contributed by atoms with Gasteiger partial charge in [0.05, 0.1) is 0 Å². The molecule has 3 aromatic rings. The number of hydrogen-bond acceptors (Lipinski definition) is 2. The SMILES string of the molecule is O=C(NCCc1csc2ccccc12)NCc1ccccc1. The lowest BCUT2D eigenvalue weighted by Crippen LogP contribution is -2.36. The number of rotatable bonds is 5. The van der Waals surface area contributed by atoms with Gasteiger partial charge in [0, 0.05) is 17.8 Å². The Kier molecular flexibility index (Phi) is 4.71. The van der Waals surface area contributed by atoms with E-state index in [9.17, 15) is 4.79 Å². The molecule has 0 bridgehead atoms. The molecule has 0 saturated carbocycles. The Balaban J connectivity index is 1.45. The van der Waals surface area contributed by atoms with E-state index in [1.54, 1.807) is 11.3 Å². The summed E-state index contributed by atoms with van der Waals surface area (Å²) < 4.78 is 1.30. The quantitative estimate of drug-likeness (QED) is 0.736. The fourth-order valence-electron chi connectivity index (χ4n) is 2.38. The monoisotopic (exact) mass is 310 g/mol. The average molecular weight is 310 g/mol. The standard InChI is InChI=1S/C18H18N2OS/c21-18(20-12-14-6-2-1-3-7-14)19-11-10-15-13-22-17-9-5-4-8-16(15)17/h1-9,13H,10-12H2,(H2,19,20,21). The van der Waals surface area contributed by atoms with E-state index in [1.807, 2.05) is 30.3 Å². The molecular weight excluding hydrogens is 292 g/mol. The van der Waals surface area contributed by atoms with Gasteiger partial charge in [-0.1, -0.05) is 48.5 Å². The largest absolute Gasteiger partial charge is 0.338 e. The summed E-state index contributed by atoms with van der Waals surface area (Å²) in [5.74, 6) is 0.